The number of amides is 2. The molecule has 26 heavy (non-hydrogen) atoms. The minimum atomic E-state index is -0.859. The molecular formula is C20H30N2O4. The molecular weight excluding hydrogens is 332 g/mol. The van der Waals surface area contributed by atoms with E-state index in [4.69, 9.17) is 5.11 Å². The first-order valence-electron chi connectivity index (χ1n) is 9.46. The lowest BCUT2D eigenvalue weighted by Gasteiger charge is -2.37. The van der Waals surface area contributed by atoms with Crippen LogP contribution < -0.4 is 5.32 Å². The van der Waals surface area contributed by atoms with Crippen molar-refractivity contribution in [2.75, 3.05) is 6.54 Å². The maximum absolute atomic E-state index is 12.8. The van der Waals surface area contributed by atoms with Gasteiger partial charge in [-0.25, -0.2) is 4.79 Å². The Morgan fingerprint density at radius 3 is 2.65 bits per heavy atom. The first-order chi connectivity index (χ1) is 12.5. The van der Waals surface area contributed by atoms with E-state index in [1.807, 2.05) is 35.2 Å². The van der Waals surface area contributed by atoms with Crippen LogP contribution in [0.25, 0.3) is 0 Å². The van der Waals surface area contributed by atoms with Gasteiger partial charge in [0.05, 0.1) is 6.10 Å². The molecule has 1 aliphatic heterocycles. The largest absolute Gasteiger partial charge is 0.481 e. The van der Waals surface area contributed by atoms with Crippen LogP contribution in [-0.4, -0.2) is 51.8 Å². The molecule has 1 aromatic carbocycles. The summed E-state index contributed by atoms with van der Waals surface area (Å²) in [5, 5.41) is 21.7. The molecule has 0 bridgehead atoms. The molecule has 0 spiro atoms. The van der Waals surface area contributed by atoms with E-state index in [1.165, 1.54) is 0 Å². The molecule has 3 atom stereocenters. The van der Waals surface area contributed by atoms with Crippen LogP contribution >= 0.6 is 0 Å². The molecule has 3 N–H and O–H groups in total. The molecule has 1 fully saturated rings. The van der Waals surface area contributed by atoms with Crippen LogP contribution in [-0.2, 0) is 11.2 Å². The number of benzene rings is 1. The molecule has 0 aliphatic carbocycles. The third-order valence-corrected chi connectivity index (χ3v) is 4.86. The molecule has 2 amide bonds. The second kappa shape index (κ2) is 10.2. The lowest BCUT2D eigenvalue weighted by molar-refractivity contribution is -0.137. The molecule has 144 valence electrons. The molecule has 1 aromatic rings. The number of aliphatic carboxylic acids is 1. The van der Waals surface area contributed by atoms with Crippen molar-refractivity contribution < 1.29 is 19.8 Å². The minimum absolute atomic E-state index is 0.0227. The molecule has 0 aromatic heterocycles. The van der Waals surface area contributed by atoms with Crippen molar-refractivity contribution in [3.8, 4) is 0 Å². The number of carboxylic acid groups (broad SMARTS) is 1. The molecule has 0 radical (unpaired) electrons. The van der Waals surface area contributed by atoms with Crippen LogP contribution in [0, 0.1) is 0 Å². The third kappa shape index (κ3) is 6.67. The zero-order valence-electron chi connectivity index (χ0n) is 15.4. The van der Waals surface area contributed by atoms with E-state index in [-0.39, 0.29) is 24.5 Å². The number of nitrogens with zero attached hydrogens (tertiary/aromatic N) is 1. The Balaban J connectivity index is 2.02. The van der Waals surface area contributed by atoms with E-state index in [0.717, 1.165) is 24.8 Å². The number of hydrogen-bond acceptors (Lipinski definition) is 3. The van der Waals surface area contributed by atoms with Crippen molar-refractivity contribution >= 4 is 12.0 Å². The molecule has 1 heterocycles. The van der Waals surface area contributed by atoms with Crippen LogP contribution in [0.2, 0.25) is 0 Å². The van der Waals surface area contributed by atoms with Crippen LogP contribution in [0.4, 0.5) is 4.79 Å². The number of rotatable bonds is 8. The second-order valence-corrected chi connectivity index (χ2v) is 7.20. The first-order valence-corrected chi connectivity index (χ1v) is 9.46. The molecule has 2 rings (SSSR count). The first kappa shape index (κ1) is 20.2. The summed E-state index contributed by atoms with van der Waals surface area (Å²) in [6, 6.07) is 9.44. The zero-order valence-corrected chi connectivity index (χ0v) is 15.4. The van der Waals surface area contributed by atoms with Gasteiger partial charge >= 0.3 is 12.0 Å². The number of carbonyl (C=O) groups is 2. The lowest BCUT2D eigenvalue weighted by atomic mass is 9.97. The van der Waals surface area contributed by atoms with Gasteiger partial charge in [-0.2, -0.15) is 0 Å². The van der Waals surface area contributed by atoms with Crippen molar-refractivity contribution in [2.45, 2.75) is 70.1 Å². The van der Waals surface area contributed by atoms with E-state index >= 15 is 0 Å². The number of carbonyl (C=O) groups excluding carboxylic acids is 1. The molecule has 0 saturated carbocycles. The van der Waals surface area contributed by atoms with Gasteiger partial charge in [0.2, 0.25) is 0 Å². The zero-order chi connectivity index (χ0) is 18.9. The Bertz CT molecular complexity index is 576. The van der Waals surface area contributed by atoms with E-state index < -0.39 is 12.1 Å². The van der Waals surface area contributed by atoms with Crippen molar-refractivity contribution in [3.05, 3.63) is 35.9 Å². The maximum atomic E-state index is 12.8. The monoisotopic (exact) mass is 362 g/mol. The van der Waals surface area contributed by atoms with Crippen LogP contribution in [0.1, 0.15) is 51.0 Å². The summed E-state index contributed by atoms with van der Waals surface area (Å²) in [5.41, 5.74) is 1.07. The molecule has 6 heteroatoms. The SMILES string of the molecule is CC(O)CC1CCCCN1C(=O)NC(CCC(=O)O)Cc1ccccc1. The number of nitrogens with one attached hydrogen (secondary N) is 1. The van der Waals surface area contributed by atoms with Gasteiger partial charge in [0.15, 0.2) is 0 Å². The van der Waals surface area contributed by atoms with Crippen LogP contribution in [0.5, 0.6) is 0 Å². The smallest absolute Gasteiger partial charge is 0.317 e. The average molecular weight is 362 g/mol. The summed E-state index contributed by atoms with van der Waals surface area (Å²) in [7, 11) is 0. The number of hydrogen-bond donors (Lipinski definition) is 3. The minimum Gasteiger partial charge on any atom is -0.481 e. The molecule has 1 saturated heterocycles. The van der Waals surface area contributed by atoms with Gasteiger partial charge in [-0.3, -0.25) is 4.79 Å². The summed E-state index contributed by atoms with van der Waals surface area (Å²) in [5.74, 6) is -0.859. The highest BCUT2D eigenvalue weighted by Gasteiger charge is 2.29. The fraction of sp³-hybridized carbons (Fsp3) is 0.600. The highest BCUT2D eigenvalue weighted by atomic mass is 16.4. The van der Waals surface area contributed by atoms with Crippen molar-refractivity contribution in [1.82, 2.24) is 10.2 Å². The van der Waals surface area contributed by atoms with Gasteiger partial charge in [0.1, 0.15) is 0 Å². The van der Waals surface area contributed by atoms with Crippen molar-refractivity contribution in [2.24, 2.45) is 0 Å². The fourth-order valence-electron chi connectivity index (χ4n) is 3.59. The summed E-state index contributed by atoms with van der Waals surface area (Å²) in [6.07, 6.45) is 4.08. The van der Waals surface area contributed by atoms with Crippen LogP contribution in [0.3, 0.4) is 0 Å². The molecule has 6 nitrogen and oxygen atoms in total. The Hall–Kier alpha value is -2.08. The predicted octanol–water partition coefficient (Wildman–Crippen LogP) is 2.80. The fourth-order valence-corrected chi connectivity index (χ4v) is 3.59. The van der Waals surface area contributed by atoms with Crippen molar-refractivity contribution in [1.29, 1.82) is 0 Å². The average Bonchev–Trinajstić information content (AvgIpc) is 2.60. The molecule has 1 aliphatic rings. The van der Waals surface area contributed by atoms with Gasteiger partial charge in [0.25, 0.3) is 0 Å². The summed E-state index contributed by atoms with van der Waals surface area (Å²) in [6.45, 7) is 2.43. The second-order valence-electron chi connectivity index (χ2n) is 7.20. The number of urea groups is 1. The predicted molar refractivity (Wildman–Crippen MR) is 100.0 cm³/mol. The number of piperidine rings is 1. The Morgan fingerprint density at radius 2 is 2.00 bits per heavy atom. The normalized spacial score (nSPS) is 19.6. The summed E-state index contributed by atoms with van der Waals surface area (Å²) in [4.78, 5) is 25.6. The highest BCUT2D eigenvalue weighted by Crippen LogP contribution is 2.21. The highest BCUT2D eigenvalue weighted by molar-refractivity contribution is 5.75. The van der Waals surface area contributed by atoms with Gasteiger partial charge < -0.3 is 20.4 Å². The van der Waals surface area contributed by atoms with Gasteiger partial charge in [0, 0.05) is 25.0 Å². The Morgan fingerprint density at radius 1 is 1.27 bits per heavy atom. The Kier molecular flexibility index (Phi) is 7.91. The maximum Gasteiger partial charge on any atom is 0.317 e. The number of likely N-dealkylation sites (tertiary alicyclic amines) is 1. The third-order valence-electron chi connectivity index (χ3n) is 4.86. The van der Waals surface area contributed by atoms with E-state index in [2.05, 4.69) is 5.32 Å². The quantitative estimate of drug-likeness (QED) is 0.663. The van der Waals surface area contributed by atoms with E-state index in [1.54, 1.807) is 6.92 Å². The van der Waals surface area contributed by atoms with Crippen molar-refractivity contribution in [3.63, 3.8) is 0 Å². The Labute approximate surface area is 155 Å². The standard InChI is InChI=1S/C20H30N2O4/c1-15(23)13-18-9-5-6-12-22(18)20(26)21-17(10-11-19(24)25)14-16-7-3-2-4-8-16/h2-4,7-8,15,17-18,23H,5-6,9-14H2,1H3,(H,21,26)(H,24,25). The number of aliphatic hydroxyl groups is 1. The number of carboxylic acids is 1. The lowest BCUT2D eigenvalue weighted by Crippen LogP contribution is -2.52. The van der Waals surface area contributed by atoms with E-state index in [0.29, 0.717) is 25.8 Å². The topological polar surface area (TPSA) is 89.9 Å². The van der Waals surface area contributed by atoms with Gasteiger partial charge in [-0.05, 0) is 51.0 Å². The number of aliphatic hydroxyl groups excluding tert-OH is 1. The molecule has 3 unspecified atom stereocenters. The van der Waals surface area contributed by atoms with Gasteiger partial charge in [-0.1, -0.05) is 30.3 Å². The van der Waals surface area contributed by atoms with E-state index in [9.17, 15) is 14.7 Å². The van der Waals surface area contributed by atoms with Gasteiger partial charge in [-0.15, -0.1) is 0 Å². The van der Waals surface area contributed by atoms with Crippen LogP contribution in [0.15, 0.2) is 30.3 Å². The summed E-state index contributed by atoms with van der Waals surface area (Å²) >= 11 is 0. The summed E-state index contributed by atoms with van der Waals surface area (Å²) < 4.78 is 0.